The highest BCUT2D eigenvalue weighted by molar-refractivity contribution is 5.96. The molecule has 0 amide bonds. The molecule has 0 aliphatic heterocycles. The van der Waals surface area contributed by atoms with Gasteiger partial charge in [0.25, 0.3) is 0 Å². The van der Waals surface area contributed by atoms with Crippen LogP contribution in [0.4, 0.5) is 0 Å². The lowest BCUT2D eigenvalue weighted by Gasteiger charge is -2.28. The first-order chi connectivity index (χ1) is 11.5. The van der Waals surface area contributed by atoms with Gasteiger partial charge in [0.1, 0.15) is 5.75 Å². The molecule has 0 saturated carbocycles. The number of benzene rings is 1. The van der Waals surface area contributed by atoms with Crippen molar-refractivity contribution in [3.8, 4) is 5.75 Å². The molecule has 2 heteroatoms. The van der Waals surface area contributed by atoms with Gasteiger partial charge in [-0.3, -0.25) is 4.79 Å². The van der Waals surface area contributed by atoms with E-state index < -0.39 is 0 Å². The van der Waals surface area contributed by atoms with E-state index in [2.05, 4.69) is 48.5 Å². The molecule has 1 aromatic rings. The van der Waals surface area contributed by atoms with Crippen LogP contribution < -0.4 is 0 Å². The van der Waals surface area contributed by atoms with E-state index in [1.165, 1.54) is 25.7 Å². The van der Waals surface area contributed by atoms with Gasteiger partial charge in [0.05, 0.1) is 0 Å². The molecule has 0 fully saturated rings. The normalized spacial score (nSPS) is 12.4. The van der Waals surface area contributed by atoms with E-state index in [1.54, 1.807) is 0 Å². The third kappa shape index (κ3) is 6.49. The number of unbranched alkanes of at least 4 members (excludes halogenated alkanes) is 5. The van der Waals surface area contributed by atoms with Crippen LogP contribution in [-0.2, 0) is 10.8 Å². The summed E-state index contributed by atoms with van der Waals surface area (Å²) in [6.45, 7) is 14.7. The second kappa shape index (κ2) is 8.87. The second-order valence-electron chi connectivity index (χ2n) is 9.36. The number of phenolic OH excluding ortho intramolecular Hbond substituents is 1. The van der Waals surface area contributed by atoms with Crippen LogP contribution in [0.3, 0.4) is 0 Å². The minimum absolute atomic E-state index is 0.194. The van der Waals surface area contributed by atoms with Crippen LogP contribution >= 0.6 is 0 Å². The first-order valence-electron chi connectivity index (χ1n) is 9.89. The molecule has 1 rings (SSSR count). The highest BCUT2D eigenvalue weighted by atomic mass is 16.3. The van der Waals surface area contributed by atoms with Crippen molar-refractivity contribution in [2.24, 2.45) is 0 Å². The van der Waals surface area contributed by atoms with E-state index in [0.717, 1.165) is 29.5 Å². The molecule has 0 aliphatic carbocycles. The Balaban J connectivity index is 2.97. The molecule has 2 nitrogen and oxygen atoms in total. The van der Waals surface area contributed by atoms with Crippen molar-refractivity contribution in [2.45, 2.75) is 104 Å². The zero-order valence-electron chi connectivity index (χ0n) is 17.5. The first-order valence-corrected chi connectivity index (χ1v) is 9.89. The van der Waals surface area contributed by atoms with Gasteiger partial charge in [0, 0.05) is 23.1 Å². The molecule has 25 heavy (non-hydrogen) atoms. The fraction of sp³-hybridized carbons (Fsp3) is 0.696. The number of aromatic hydroxyl groups is 1. The lowest BCUT2D eigenvalue weighted by atomic mass is 9.78. The molecule has 0 aromatic heterocycles. The summed E-state index contributed by atoms with van der Waals surface area (Å²) in [6.07, 6.45) is 7.71. The zero-order valence-corrected chi connectivity index (χ0v) is 17.5. The van der Waals surface area contributed by atoms with Crippen LogP contribution in [0.5, 0.6) is 5.75 Å². The van der Waals surface area contributed by atoms with Gasteiger partial charge >= 0.3 is 0 Å². The van der Waals surface area contributed by atoms with Gasteiger partial charge in [-0.05, 0) is 29.4 Å². The number of Topliss-reactive ketones (excluding diaryl/α,β-unsaturated/α-hetero) is 1. The molecule has 0 saturated heterocycles. The summed E-state index contributed by atoms with van der Waals surface area (Å²) < 4.78 is 0. The molecule has 0 heterocycles. The predicted octanol–water partition coefficient (Wildman–Crippen LogP) is 6.92. The van der Waals surface area contributed by atoms with Crippen molar-refractivity contribution < 1.29 is 9.90 Å². The van der Waals surface area contributed by atoms with Gasteiger partial charge in [-0.15, -0.1) is 0 Å². The molecule has 0 spiro atoms. The Hall–Kier alpha value is -1.31. The fourth-order valence-corrected chi connectivity index (χ4v) is 3.15. The number of carbonyl (C=O) groups excluding carboxylic acids is 1. The topological polar surface area (TPSA) is 37.3 Å². The summed E-state index contributed by atoms with van der Waals surface area (Å²) in [6, 6.07) is 3.81. The van der Waals surface area contributed by atoms with Crippen molar-refractivity contribution >= 4 is 5.78 Å². The number of carbonyl (C=O) groups is 1. The van der Waals surface area contributed by atoms with Crippen LogP contribution in [0.2, 0.25) is 0 Å². The van der Waals surface area contributed by atoms with Crippen LogP contribution in [0.25, 0.3) is 0 Å². The van der Waals surface area contributed by atoms with Crippen molar-refractivity contribution in [3.05, 3.63) is 28.8 Å². The fourth-order valence-electron chi connectivity index (χ4n) is 3.15. The van der Waals surface area contributed by atoms with Crippen LogP contribution in [0, 0.1) is 0 Å². The number of ketones is 1. The van der Waals surface area contributed by atoms with E-state index >= 15 is 0 Å². The number of phenols is 1. The van der Waals surface area contributed by atoms with Crippen molar-refractivity contribution in [1.82, 2.24) is 0 Å². The molecule has 1 aromatic carbocycles. The monoisotopic (exact) mass is 346 g/mol. The Morgan fingerprint density at radius 2 is 1.28 bits per heavy atom. The molecule has 142 valence electrons. The van der Waals surface area contributed by atoms with Gasteiger partial charge in [0.2, 0.25) is 0 Å². The highest BCUT2D eigenvalue weighted by Crippen LogP contribution is 2.40. The van der Waals surface area contributed by atoms with Crippen molar-refractivity contribution in [1.29, 1.82) is 0 Å². The highest BCUT2D eigenvalue weighted by Gasteiger charge is 2.27. The third-order valence-corrected chi connectivity index (χ3v) is 4.81. The summed E-state index contributed by atoms with van der Waals surface area (Å²) in [5.74, 6) is 0.544. The average Bonchev–Trinajstić information content (AvgIpc) is 2.48. The minimum atomic E-state index is -0.194. The Kier molecular flexibility index (Phi) is 7.71. The number of hydrogen-bond acceptors (Lipinski definition) is 2. The Bertz CT molecular complexity index is 536. The molecule has 0 aliphatic rings. The van der Waals surface area contributed by atoms with Crippen LogP contribution in [0.15, 0.2) is 12.1 Å². The molecule has 0 bridgehead atoms. The van der Waals surface area contributed by atoms with Crippen LogP contribution in [0.1, 0.15) is 115 Å². The SMILES string of the molecule is CCCCCCCCC(=O)c1cc(C(C)(C)C)c(O)c(C(C)(C)C)c1. The van der Waals surface area contributed by atoms with E-state index in [1.807, 2.05) is 12.1 Å². The van der Waals surface area contributed by atoms with E-state index in [9.17, 15) is 9.90 Å². The summed E-state index contributed by atoms with van der Waals surface area (Å²) in [5.41, 5.74) is 2.10. The summed E-state index contributed by atoms with van der Waals surface area (Å²) in [7, 11) is 0. The van der Waals surface area contributed by atoms with Gasteiger partial charge in [-0.1, -0.05) is 80.6 Å². The first kappa shape index (κ1) is 21.7. The molecular weight excluding hydrogens is 308 g/mol. The molecule has 1 N–H and O–H groups in total. The maximum atomic E-state index is 12.7. The minimum Gasteiger partial charge on any atom is -0.507 e. The van der Waals surface area contributed by atoms with E-state index in [4.69, 9.17) is 0 Å². The zero-order chi connectivity index (χ0) is 19.3. The van der Waals surface area contributed by atoms with Crippen LogP contribution in [-0.4, -0.2) is 10.9 Å². The third-order valence-electron chi connectivity index (χ3n) is 4.81. The van der Waals surface area contributed by atoms with Gasteiger partial charge in [-0.25, -0.2) is 0 Å². The summed E-state index contributed by atoms with van der Waals surface area (Å²) in [4.78, 5) is 12.7. The Morgan fingerprint density at radius 3 is 1.72 bits per heavy atom. The molecule has 0 radical (unpaired) electrons. The van der Waals surface area contributed by atoms with Crippen molar-refractivity contribution in [3.63, 3.8) is 0 Å². The number of hydrogen-bond donors (Lipinski definition) is 1. The predicted molar refractivity (Wildman–Crippen MR) is 108 cm³/mol. The Labute approximate surface area is 155 Å². The maximum Gasteiger partial charge on any atom is 0.162 e. The van der Waals surface area contributed by atoms with E-state index in [-0.39, 0.29) is 16.6 Å². The van der Waals surface area contributed by atoms with Crippen molar-refractivity contribution in [2.75, 3.05) is 0 Å². The average molecular weight is 347 g/mol. The van der Waals surface area contributed by atoms with Gasteiger partial charge in [-0.2, -0.15) is 0 Å². The van der Waals surface area contributed by atoms with Gasteiger partial charge < -0.3 is 5.11 Å². The number of rotatable bonds is 8. The smallest absolute Gasteiger partial charge is 0.162 e. The van der Waals surface area contributed by atoms with Gasteiger partial charge in [0.15, 0.2) is 5.78 Å². The molecule has 0 atom stereocenters. The molecule has 0 unspecified atom stereocenters. The quantitative estimate of drug-likeness (QED) is 0.409. The second-order valence-corrected chi connectivity index (χ2v) is 9.36. The Morgan fingerprint density at radius 1 is 0.840 bits per heavy atom. The standard InChI is InChI=1S/C23H38O2/c1-8-9-10-11-12-13-14-20(24)17-15-18(22(2,3)4)21(25)19(16-17)23(5,6)7/h15-16,25H,8-14H2,1-7H3. The molecular formula is C23H38O2. The lowest BCUT2D eigenvalue weighted by Crippen LogP contribution is -2.18. The lowest BCUT2D eigenvalue weighted by molar-refractivity contribution is 0.0979. The summed E-state index contributed by atoms with van der Waals surface area (Å²) >= 11 is 0. The maximum absolute atomic E-state index is 12.7. The van der Waals surface area contributed by atoms with E-state index in [0.29, 0.717) is 12.2 Å². The summed E-state index contributed by atoms with van der Waals surface area (Å²) in [5, 5.41) is 10.8. The largest absolute Gasteiger partial charge is 0.507 e.